The average Bonchev–Trinajstić information content (AvgIpc) is 3.06. The van der Waals surface area contributed by atoms with Crippen molar-refractivity contribution in [2.75, 3.05) is 6.54 Å². The number of fused-ring (bicyclic) bond motifs is 1. The van der Waals surface area contributed by atoms with Crippen molar-refractivity contribution in [3.8, 4) is 0 Å². The summed E-state index contributed by atoms with van der Waals surface area (Å²) in [6.07, 6.45) is 6.81. The average molecular weight is 281 g/mol. The van der Waals surface area contributed by atoms with Gasteiger partial charge in [-0.2, -0.15) is 0 Å². The first-order chi connectivity index (χ1) is 10.2. The van der Waals surface area contributed by atoms with Gasteiger partial charge in [0.2, 0.25) is 0 Å². The fourth-order valence-electron chi connectivity index (χ4n) is 2.03. The highest BCUT2D eigenvalue weighted by Gasteiger charge is 2.11. The Morgan fingerprint density at radius 1 is 1.33 bits per heavy atom. The van der Waals surface area contributed by atoms with Crippen molar-refractivity contribution in [1.29, 1.82) is 0 Å². The zero-order valence-corrected chi connectivity index (χ0v) is 11.6. The third-order valence-corrected chi connectivity index (χ3v) is 3.27. The minimum Gasteiger partial charge on any atom is -0.349 e. The molecule has 21 heavy (non-hydrogen) atoms. The Morgan fingerprint density at radius 2 is 2.14 bits per heavy atom. The van der Waals surface area contributed by atoms with E-state index in [0.29, 0.717) is 17.8 Å². The van der Waals surface area contributed by atoms with Gasteiger partial charge in [0, 0.05) is 25.0 Å². The molecule has 0 aliphatic heterocycles. The molecule has 1 amide bonds. The lowest BCUT2D eigenvalue weighted by atomic mass is 10.3. The summed E-state index contributed by atoms with van der Waals surface area (Å²) in [6.45, 7) is 2.51. The SMILES string of the molecule is C[C@@H](CNC(=O)c1cnc2ccccc2n1)n1ccnc1. The molecule has 0 bridgehead atoms. The molecule has 3 rings (SSSR count). The van der Waals surface area contributed by atoms with E-state index in [1.165, 1.54) is 6.20 Å². The maximum Gasteiger partial charge on any atom is 0.271 e. The van der Waals surface area contributed by atoms with E-state index in [9.17, 15) is 4.79 Å². The molecule has 1 N–H and O–H groups in total. The van der Waals surface area contributed by atoms with Gasteiger partial charge in [-0.15, -0.1) is 0 Å². The summed E-state index contributed by atoms with van der Waals surface area (Å²) in [6, 6.07) is 7.60. The predicted octanol–water partition coefficient (Wildman–Crippen LogP) is 1.82. The van der Waals surface area contributed by atoms with E-state index in [0.717, 1.165) is 5.52 Å². The van der Waals surface area contributed by atoms with Crippen LogP contribution < -0.4 is 5.32 Å². The molecule has 0 fully saturated rings. The van der Waals surface area contributed by atoms with Crippen molar-refractivity contribution in [2.24, 2.45) is 0 Å². The Labute approximate surface area is 121 Å². The minimum atomic E-state index is -0.222. The standard InChI is InChI=1S/C15H15N5O/c1-11(20-7-6-16-10-20)8-18-15(21)14-9-17-12-4-2-3-5-13(12)19-14/h2-7,9-11H,8H2,1H3,(H,18,21)/t11-/m0/s1. The topological polar surface area (TPSA) is 72.7 Å². The number of para-hydroxylation sites is 2. The van der Waals surface area contributed by atoms with Crippen molar-refractivity contribution in [3.63, 3.8) is 0 Å². The number of benzene rings is 1. The summed E-state index contributed by atoms with van der Waals surface area (Å²) in [4.78, 5) is 24.7. The molecule has 0 saturated carbocycles. The molecule has 2 heterocycles. The van der Waals surface area contributed by atoms with E-state index in [-0.39, 0.29) is 11.9 Å². The lowest BCUT2D eigenvalue weighted by Gasteiger charge is -2.13. The van der Waals surface area contributed by atoms with Gasteiger partial charge in [-0.3, -0.25) is 9.78 Å². The van der Waals surface area contributed by atoms with Gasteiger partial charge in [0.25, 0.3) is 5.91 Å². The van der Waals surface area contributed by atoms with Gasteiger partial charge in [0.05, 0.1) is 23.6 Å². The van der Waals surface area contributed by atoms with Gasteiger partial charge >= 0.3 is 0 Å². The first-order valence-corrected chi connectivity index (χ1v) is 6.71. The van der Waals surface area contributed by atoms with Crippen molar-refractivity contribution in [3.05, 3.63) is 54.9 Å². The molecule has 0 saturated heterocycles. The first kappa shape index (κ1) is 13.2. The normalized spacial score (nSPS) is 12.2. The Kier molecular flexibility index (Phi) is 3.59. The molecule has 0 spiro atoms. The van der Waals surface area contributed by atoms with Gasteiger partial charge in [0.1, 0.15) is 5.69 Å². The number of imidazole rings is 1. The largest absolute Gasteiger partial charge is 0.349 e. The number of rotatable bonds is 4. The summed E-state index contributed by atoms with van der Waals surface area (Å²) in [5.74, 6) is -0.222. The van der Waals surface area contributed by atoms with Crippen molar-refractivity contribution in [1.82, 2.24) is 24.8 Å². The molecule has 0 aliphatic carbocycles. The van der Waals surface area contributed by atoms with Crippen LogP contribution in [-0.4, -0.2) is 32.0 Å². The van der Waals surface area contributed by atoms with E-state index in [4.69, 9.17) is 0 Å². The molecule has 2 aromatic heterocycles. The highest BCUT2D eigenvalue weighted by molar-refractivity contribution is 5.93. The van der Waals surface area contributed by atoms with Crippen LogP contribution in [-0.2, 0) is 0 Å². The van der Waals surface area contributed by atoms with Crippen molar-refractivity contribution < 1.29 is 4.79 Å². The molecule has 0 unspecified atom stereocenters. The maximum absolute atomic E-state index is 12.1. The maximum atomic E-state index is 12.1. The molecule has 106 valence electrons. The van der Waals surface area contributed by atoms with Crippen LogP contribution in [0.5, 0.6) is 0 Å². The third kappa shape index (κ3) is 2.89. The Morgan fingerprint density at radius 3 is 2.90 bits per heavy atom. The molecule has 6 heteroatoms. The molecule has 1 atom stereocenters. The Balaban J connectivity index is 1.69. The molecule has 0 radical (unpaired) electrons. The summed E-state index contributed by atoms with van der Waals surface area (Å²) >= 11 is 0. The quantitative estimate of drug-likeness (QED) is 0.791. The van der Waals surface area contributed by atoms with E-state index in [1.807, 2.05) is 42.0 Å². The number of carbonyl (C=O) groups excluding carboxylic acids is 1. The van der Waals surface area contributed by atoms with E-state index >= 15 is 0 Å². The number of hydrogen-bond acceptors (Lipinski definition) is 4. The number of aromatic nitrogens is 4. The predicted molar refractivity (Wildman–Crippen MR) is 78.8 cm³/mol. The summed E-state index contributed by atoms with van der Waals surface area (Å²) in [5.41, 5.74) is 1.82. The molecular formula is C15H15N5O. The highest BCUT2D eigenvalue weighted by Crippen LogP contribution is 2.08. The van der Waals surface area contributed by atoms with Gasteiger partial charge in [-0.1, -0.05) is 12.1 Å². The van der Waals surface area contributed by atoms with Crippen LogP contribution >= 0.6 is 0 Å². The second-order valence-electron chi connectivity index (χ2n) is 4.81. The van der Waals surface area contributed by atoms with Crippen LogP contribution in [0, 0.1) is 0 Å². The fourth-order valence-corrected chi connectivity index (χ4v) is 2.03. The van der Waals surface area contributed by atoms with Gasteiger partial charge in [-0.25, -0.2) is 9.97 Å². The minimum absolute atomic E-state index is 0.130. The highest BCUT2D eigenvalue weighted by atomic mass is 16.1. The number of nitrogens with one attached hydrogen (secondary N) is 1. The summed E-state index contributed by atoms with van der Waals surface area (Å²) < 4.78 is 1.94. The van der Waals surface area contributed by atoms with Crippen LogP contribution in [0.3, 0.4) is 0 Å². The lowest BCUT2D eigenvalue weighted by Crippen LogP contribution is -2.30. The van der Waals surface area contributed by atoms with Crippen LogP contribution in [0.15, 0.2) is 49.2 Å². The van der Waals surface area contributed by atoms with E-state index in [2.05, 4.69) is 20.3 Å². The Hall–Kier alpha value is -2.76. The Bertz CT molecular complexity index is 754. The second kappa shape index (κ2) is 5.70. The van der Waals surface area contributed by atoms with Crippen LogP contribution in [0.1, 0.15) is 23.5 Å². The van der Waals surface area contributed by atoms with Crippen LogP contribution in [0.25, 0.3) is 11.0 Å². The van der Waals surface area contributed by atoms with Crippen molar-refractivity contribution >= 4 is 16.9 Å². The lowest BCUT2D eigenvalue weighted by molar-refractivity contribution is 0.0943. The summed E-state index contributed by atoms with van der Waals surface area (Å²) in [7, 11) is 0. The van der Waals surface area contributed by atoms with Gasteiger partial charge in [-0.05, 0) is 19.1 Å². The monoisotopic (exact) mass is 281 g/mol. The van der Waals surface area contributed by atoms with E-state index < -0.39 is 0 Å². The first-order valence-electron chi connectivity index (χ1n) is 6.71. The van der Waals surface area contributed by atoms with Crippen molar-refractivity contribution in [2.45, 2.75) is 13.0 Å². The molecule has 3 aromatic rings. The molecule has 0 aliphatic rings. The third-order valence-electron chi connectivity index (χ3n) is 3.27. The number of amides is 1. The second-order valence-corrected chi connectivity index (χ2v) is 4.81. The van der Waals surface area contributed by atoms with Crippen LogP contribution in [0.4, 0.5) is 0 Å². The van der Waals surface area contributed by atoms with E-state index in [1.54, 1.807) is 12.5 Å². The zero-order valence-electron chi connectivity index (χ0n) is 11.6. The van der Waals surface area contributed by atoms with Gasteiger partial charge < -0.3 is 9.88 Å². The number of carbonyl (C=O) groups is 1. The van der Waals surface area contributed by atoms with Gasteiger partial charge in [0.15, 0.2) is 0 Å². The van der Waals surface area contributed by atoms with Crippen LogP contribution in [0.2, 0.25) is 0 Å². The zero-order chi connectivity index (χ0) is 14.7. The summed E-state index contributed by atoms with van der Waals surface area (Å²) in [5, 5.41) is 2.86. The molecular weight excluding hydrogens is 266 g/mol. The fraction of sp³-hybridized carbons (Fsp3) is 0.200. The number of nitrogens with zero attached hydrogens (tertiary/aromatic N) is 4. The smallest absolute Gasteiger partial charge is 0.271 e. The molecule has 1 aromatic carbocycles. The number of hydrogen-bond donors (Lipinski definition) is 1. The molecule has 6 nitrogen and oxygen atoms in total.